The summed E-state index contributed by atoms with van der Waals surface area (Å²) in [5.74, 6) is 7.37. The molecule has 0 saturated heterocycles. The van der Waals surface area contributed by atoms with Crippen molar-refractivity contribution in [3.63, 3.8) is 0 Å². The molecule has 20 heavy (non-hydrogen) atoms. The van der Waals surface area contributed by atoms with Crippen LogP contribution in [0.5, 0.6) is 5.75 Å². The number of rotatable bonds is 6. The van der Waals surface area contributed by atoms with Gasteiger partial charge in [0, 0.05) is 15.1 Å². The third kappa shape index (κ3) is 4.24. The maximum absolute atomic E-state index is 5.67. The van der Waals surface area contributed by atoms with Gasteiger partial charge in [0.05, 0.1) is 13.2 Å². The van der Waals surface area contributed by atoms with Gasteiger partial charge in [-0.15, -0.1) is 11.8 Å². The molecule has 2 aromatic rings. The number of thioether (sulfide) groups is 1. The van der Waals surface area contributed by atoms with E-state index in [2.05, 4.69) is 39.6 Å². The molecule has 0 amide bonds. The number of ether oxygens (including phenoxy) is 1. The van der Waals surface area contributed by atoms with E-state index in [9.17, 15) is 0 Å². The third-order valence-corrected chi connectivity index (χ3v) is 4.56. The SMILES string of the molecule is COc1cccc(C(CSc2ccc(Br)cc2)NN)c1. The zero-order valence-electron chi connectivity index (χ0n) is 11.2. The van der Waals surface area contributed by atoms with Gasteiger partial charge in [0.2, 0.25) is 0 Å². The zero-order valence-corrected chi connectivity index (χ0v) is 13.6. The van der Waals surface area contributed by atoms with Crippen LogP contribution in [0.15, 0.2) is 57.9 Å². The first kappa shape index (κ1) is 15.4. The number of halogens is 1. The molecular weight excluding hydrogens is 336 g/mol. The van der Waals surface area contributed by atoms with Crippen molar-refractivity contribution in [3.05, 3.63) is 58.6 Å². The second-order valence-corrected chi connectivity index (χ2v) is 6.27. The molecule has 2 rings (SSSR count). The number of nitrogens with one attached hydrogen (secondary N) is 1. The van der Waals surface area contributed by atoms with Crippen molar-refractivity contribution < 1.29 is 4.74 Å². The topological polar surface area (TPSA) is 47.3 Å². The van der Waals surface area contributed by atoms with E-state index < -0.39 is 0 Å². The Labute approximate surface area is 132 Å². The highest BCUT2D eigenvalue weighted by Crippen LogP contribution is 2.27. The summed E-state index contributed by atoms with van der Waals surface area (Å²) >= 11 is 5.20. The molecule has 0 saturated carbocycles. The number of benzene rings is 2. The zero-order chi connectivity index (χ0) is 14.4. The molecule has 3 nitrogen and oxygen atoms in total. The maximum atomic E-state index is 5.67. The second kappa shape index (κ2) is 7.69. The van der Waals surface area contributed by atoms with E-state index in [-0.39, 0.29) is 6.04 Å². The minimum Gasteiger partial charge on any atom is -0.497 e. The first-order chi connectivity index (χ1) is 9.72. The molecular formula is C15H17BrN2OS. The number of hydrogen-bond donors (Lipinski definition) is 2. The van der Waals surface area contributed by atoms with Crippen molar-refractivity contribution in [1.29, 1.82) is 0 Å². The van der Waals surface area contributed by atoms with Crippen molar-refractivity contribution in [2.45, 2.75) is 10.9 Å². The monoisotopic (exact) mass is 352 g/mol. The normalized spacial score (nSPS) is 12.2. The van der Waals surface area contributed by atoms with Crippen LogP contribution in [0.1, 0.15) is 11.6 Å². The van der Waals surface area contributed by atoms with Crippen LogP contribution in [0, 0.1) is 0 Å². The van der Waals surface area contributed by atoms with Gasteiger partial charge in [-0.1, -0.05) is 28.1 Å². The van der Waals surface area contributed by atoms with Crippen LogP contribution >= 0.6 is 27.7 Å². The standard InChI is InChI=1S/C15H17BrN2OS/c1-19-13-4-2-3-11(9-13)15(18-17)10-20-14-7-5-12(16)6-8-14/h2-9,15,18H,10,17H2,1H3. The molecule has 0 aliphatic rings. The molecule has 1 unspecified atom stereocenters. The lowest BCUT2D eigenvalue weighted by Gasteiger charge is -2.16. The average molecular weight is 353 g/mol. The molecule has 0 bridgehead atoms. The smallest absolute Gasteiger partial charge is 0.119 e. The Morgan fingerprint density at radius 2 is 2.00 bits per heavy atom. The summed E-state index contributed by atoms with van der Waals surface area (Å²) in [7, 11) is 1.67. The Morgan fingerprint density at radius 3 is 2.65 bits per heavy atom. The molecule has 1 atom stereocenters. The van der Waals surface area contributed by atoms with Crippen molar-refractivity contribution in [1.82, 2.24) is 5.43 Å². The Hall–Kier alpha value is -1.01. The van der Waals surface area contributed by atoms with Crippen LogP contribution in [0.3, 0.4) is 0 Å². The van der Waals surface area contributed by atoms with E-state index in [4.69, 9.17) is 10.6 Å². The highest BCUT2D eigenvalue weighted by Gasteiger charge is 2.11. The number of hydrazine groups is 1. The van der Waals surface area contributed by atoms with Crippen LogP contribution < -0.4 is 16.0 Å². The molecule has 106 valence electrons. The van der Waals surface area contributed by atoms with E-state index in [1.54, 1.807) is 18.9 Å². The van der Waals surface area contributed by atoms with Gasteiger partial charge in [0.1, 0.15) is 5.75 Å². The van der Waals surface area contributed by atoms with Crippen LogP contribution in [-0.2, 0) is 0 Å². The molecule has 0 aromatic heterocycles. The minimum atomic E-state index is 0.0822. The fourth-order valence-corrected chi connectivity index (χ4v) is 3.05. The Balaban J connectivity index is 2.03. The van der Waals surface area contributed by atoms with Crippen molar-refractivity contribution in [2.75, 3.05) is 12.9 Å². The molecule has 0 fully saturated rings. The first-order valence-electron chi connectivity index (χ1n) is 6.21. The van der Waals surface area contributed by atoms with Gasteiger partial charge >= 0.3 is 0 Å². The summed E-state index contributed by atoms with van der Waals surface area (Å²) in [4.78, 5) is 1.22. The summed E-state index contributed by atoms with van der Waals surface area (Å²) in [6.45, 7) is 0. The quantitative estimate of drug-likeness (QED) is 0.472. The largest absolute Gasteiger partial charge is 0.497 e. The highest BCUT2D eigenvalue weighted by molar-refractivity contribution is 9.10. The van der Waals surface area contributed by atoms with E-state index >= 15 is 0 Å². The van der Waals surface area contributed by atoms with Gasteiger partial charge < -0.3 is 4.74 Å². The van der Waals surface area contributed by atoms with E-state index in [0.717, 1.165) is 21.5 Å². The van der Waals surface area contributed by atoms with E-state index in [1.807, 2.05) is 30.3 Å². The van der Waals surface area contributed by atoms with Gasteiger partial charge in [0.15, 0.2) is 0 Å². The Morgan fingerprint density at radius 1 is 1.25 bits per heavy atom. The number of methoxy groups -OCH3 is 1. The Kier molecular flexibility index (Phi) is 5.91. The summed E-state index contributed by atoms with van der Waals surface area (Å²) < 4.78 is 6.33. The van der Waals surface area contributed by atoms with Crippen molar-refractivity contribution in [3.8, 4) is 5.75 Å². The molecule has 0 aliphatic heterocycles. The van der Waals surface area contributed by atoms with Crippen LogP contribution in [0.2, 0.25) is 0 Å². The van der Waals surface area contributed by atoms with Gasteiger partial charge in [0.25, 0.3) is 0 Å². The molecule has 0 radical (unpaired) electrons. The first-order valence-corrected chi connectivity index (χ1v) is 7.99. The molecule has 2 aromatic carbocycles. The lowest BCUT2D eigenvalue weighted by Crippen LogP contribution is -2.29. The van der Waals surface area contributed by atoms with Gasteiger partial charge in [-0.3, -0.25) is 11.3 Å². The second-order valence-electron chi connectivity index (χ2n) is 4.26. The van der Waals surface area contributed by atoms with Gasteiger partial charge in [-0.05, 0) is 42.0 Å². The van der Waals surface area contributed by atoms with E-state index in [1.165, 1.54) is 4.90 Å². The molecule has 0 aliphatic carbocycles. The predicted octanol–water partition coefficient (Wildman–Crippen LogP) is 3.75. The summed E-state index contributed by atoms with van der Waals surface area (Å²) in [5, 5.41) is 0. The maximum Gasteiger partial charge on any atom is 0.119 e. The third-order valence-electron chi connectivity index (χ3n) is 2.93. The highest BCUT2D eigenvalue weighted by atomic mass is 79.9. The number of hydrogen-bond acceptors (Lipinski definition) is 4. The molecule has 3 N–H and O–H groups in total. The van der Waals surface area contributed by atoms with Crippen LogP contribution in [0.4, 0.5) is 0 Å². The summed E-state index contributed by atoms with van der Waals surface area (Å²) in [6, 6.07) is 16.3. The Bertz CT molecular complexity index is 548. The fourth-order valence-electron chi connectivity index (χ4n) is 1.81. The van der Waals surface area contributed by atoms with Crippen molar-refractivity contribution in [2.24, 2.45) is 5.84 Å². The van der Waals surface area contributed by atoms with E-state index in [0.29, 0.717) is 0 Å². The fraction of sp³-hybridized carbons (Fsp3) is 0.200. The van der Waals surface area contributed by atoms with Crippen LogP contribution in [-0.4, -0.2) is 12.9 Å². The van der Waals surface area contributed by atoms with Gasteiger partial charge in [-0.2, -0.15) is 0 Å². The summed E-state index contributed by atoms with van der Waals surface area (Å²) in [5.41, 5.74) is 3.99. The number of nitrogens with two attached hydrogens (primary N) is 1. The molecule has 5 heteroatoms. The van der Waals surface area contributed by atoms with Gasteiger partial charge in [-0.25, -0.2) is 0 Å². The average Bonchev–Trinajstić information content (AvgIpc) is 2.50. The summed E-state index contributed by atoms with van der Waals surface area (Å²) in [6.07, 6.45) is 0. The minimum absolute atomic E-state index is 0.0822. The lowest BCUT2D eigenvalue weighted by atomic mass is 10.1. The van der Waals surface area contributed by atoms with Crippen molar-refractivity contribution >= 4 is 27.7 Å². The predicted molar refractivity (Wildman–Crippen MR) is 87.9 cm³/mol. The lowest BCUT2D eigenvalue weighted by molar-refractivity contribution is 0.413. The molecule has 0 spiro atoms. The molecule has 0 heterocycles. The van der Waals surface area contributed by atoms with Crippen LogP contribution in [0.25, 0.3) is 0 Å².